The number of hydrogen-bond acceptors (Lipinski definition) is 3. The van der Waals surface area contributed by atoms with Crippen molar-refractivity contribution in [2.75, 3.05) is 0 Å². The number of hydrogen-bond donors (Lipinski definition) is 0. The molecule has 3 heteroatoms. The average Bonchev–Trinajstić information content (AvgIpc) is 3.08. The number of para-hydroxylation sites is 1. The lowest BCUT2D eigenvalue weighted by Crippen LogP contribution is -2.09. The van der Waals surface area contributed by atoms with E-state index in [0.717, 1.165) is 40.0 Å². The molecule has 0 amide bonds. The maximum atomic E-state index is 6.08. The van der Waals surface area contributed by atoms with E-state index in [1.165, 1.54) is 37.7 Å². The van der Waals surface area contributed by atoms with Crippen molar-refractivity contribution in [1.82, 2.24) is 9.97 Å². The van der Waals surface area contributed by atoms with Crippen molar-refractivity contribution in [3.63, 3.8) is 0 Å². The van der Waals surface area contributed by atoms with Gasteiger partial charge >= 0.3 is 0 Å². The van der Waals surface area contributed by atoms with Crippen LogP contribution in [-0.4, -0.2) is 9.97 Å². The summed E-state index contributed by atoms with van der Waals surface area (Å²) in [6, 6.07) is 14.7. The smallest absolute Gasteiger partial charge is 0.227 e. The first-order valence-corrected chi connectivity index (χ1v) is 9.60. The minimum absolute atomic E-state index is 0.688. The van der Waals surface area contributed by atoms with E-state index in [-0.39, 0.29) is 0 Å². The lowest BCUT2D eigenvalue weighted by atomic mass is 9.85. The van der Waals surface area contributed by atoms with E-state index >= 15 is 0 Å². The molecular weight excluding hydrogens is 320 g/mol. The van der Waals surface area contributed by atoms with E-state index in [1.807, 2.05) is 12.3 Å². The Kier molecular flexibility index (Phi) is 3.93. The number of nitrogens with zero attached hydrogens (tertiary/aromatic N) is 2. The lowest BCUT2D eigenvalue weighted by molar-refractivity contribution is 0.356. The summed E-state index contributed by atoms with van der Waals surface area (Å²) in [6.07, 6.45) is 11.8. The molecule has 4 aromatic rings. The van der Waals surface area contributed by atoms with Gasteiger partial charge in [-0.05, 0) is 48.2 Å². The van der Waals surface area contributed by atoms with Crippen LogP contribution in [0.2, 0.25) is 0 Å². The molecule has 1 aliphatic carbocycles. The second kappa shape index (κ2) is 6.56. The maximum Gasteiger partial charge on any atom is 0.227 e. The summed E-state index contributed by atoms with van der Waals surface area (Å²) >= 11 is 0. The van der Waals surface area contributed by atoms with Crippen molar-refractivity contribution >= 4 is 22.1 Å². The number of fused-ring (bicyclic) bond motifs is 3. The Hall–Kier alpha value is -2.68. The van der Waals surface area contributed by atoms with Gasteiger partial charge in [-0.2, -0.15) is 0 Å². The van der Waals surface area contributed by atoms with Gasteiger partial charge in [0.25, 0.3) is 0 Å². The van der Waals surface area contributed by atoms with Crippen molar-refractivity contribution in [3.05, 3.63) is 60.4 Å². The summed E-state index contributed by atoms with van der Waals surface area (Å²) in [6.45, 7) is 0. The van der Waals surface area contributed by atoms with Gasteiger partial charge in [0.05, 0.1) is 5.69 Å². The highest BCUT2D eigenvalue weighted by atomic mass is 16.3. The van der Waals surface area contributed by atoms with Gasteiger partial charge in [0.1, 0.15) is 5.58 Å². The van der Waals surface area contributed by atoms with Crippen LogP contribution in [0, 0.1) is 5.92 Å². The molecule has 5 rings (SSSR count). The molecular formula is C23H22N2O. The average molecular weight is 342 g/mol. The highest BCUT2D eigenvalue weighted by molar-refractivity contribution is 6.08. The number of aromatic nitrogens is 2. The zero-order valence-electron chi connectivity index (χ0n) is 14.8. The van der Waals surface area contributed by atoms with Crippen LogP contribution in [0.5, 0.6) is 0 Å². The Morgan fingerprint density at radius 3 is 2.69 bits per heavy atom. The Morgan fingerprint density at radius 2 is 1.77 bits per heavy atom. The highest BCUT2D eigenvalue weighted by Gasteiger charge is 2.16. The van der Waals surface area contributed by atoms with Crippen LogP contribution in [0.4, 0.5) is 0 Å². The van der Waals surface area contributed by atoms with Gasteiger partial charge in [0.15, 0.2) is 0 Å². The zero-order chi connectivity index (χ0) is 17.3. The molecule has 1 saturated carbocycles. The minimum Gasteiger partial charge on any atom is -0.437 e. The molecule has 3 nitrogen and oxygen atoms in total. The van der Waals surface area contributed by atoms with Gasteiger partial charge in [0, 0.05) is 28.7 Å². The van der Waals surface area contributed by atoms with Gasteiger partial charge in [0.2, 0.25) is 5.71 Å². The highest BCUT2D eigenvalue weighted by Crippen LogP contribution is 2.35. The second-order valence-electron chi connectivity index (χ2n) is 7.40. The molecule has 1 aromatic carbocycles. The third-order valence-electron chi connectivity index (χ3n) is 5.62. The quantitative estimate of drug-likeness (QED) is 0.447. The summed E-state index contributed by atoms with van der Waals surface area (Å²) in [5.41, 5.74) is 4.99. The van der Waals surface area contributed by atoms with E-state index in [9.17, 15) is 0 Å². The molecule has 130 valence electrons. The van der Waals surface area contributed by atoms with Crippen LogP contribution in [0.1, 0.15) is 37.7 Å². The third kappa shape index (κ3) is 2.78. The van der Waals surface area contributed by atoms with Crippen LogP contribution < -0.4 is 0 Å². The van der Waals surface area contributed by atoms with Crippen molar-refractivity contribution in [1.29, 1.82) is 0 Å². The number of benzene rings is 1. The van der Waals surface area contributed by atoms with E-state index in [4.69, 9.17) is 4.42 Å². The number of pyridine rings is 2. The van der Waals surface area contributed by atoms with Crippen molar-refractivity contribution in [2.24, 2.45) is 5.92 Å². The number of furan rings is 1. The number of rotatable bonds is 3. The topological polar surface area (TPSA) is 38.9 Å². The molecule has 1 aliphatic rings. The summed E-state index contributed by atoms with van der Waals surface area (Å²) in [5, 5.41) is 2.16. The molecule has 0 atom stereocenters. The summed E-state index contributed by atoms with van der Waals surface area (Å²) in [4.78, 5) is 9.00. The molecule has 0 spiro atoms. The molecule has 0 N–H and O–H groups in total. The monoisotopic (exact) mass is 342 g/mol. The Bertz CT molecular complexity index is 1060. The fraction of sp³-hybridized carbons (Fsp3) is 0.304. The van der Waals surface area contributed by atoms with Crippen LogP contribution in [-0.2, 0) is 6.42 Å². The Labute approximate surface area is 153 Å². The standard InChI is InChI=1S/C23H22N2O/c1-2-6-16(7-3-1)14-17-11-13-24-21(15-17)20-9-4-8-18-19-10-5-12-25-23(19)26-22(18)20/h4-5,8-13,15-16H,1-3,6-7,14H2. The van der Waals surface area contributed by atoms with Crippen LogP contribution >= 0.6 is 0 Å². The van der Waals surface area contributed by atoms with Crippen molar-refractivity contribution < 1.29 is 4.42 Å². The van der Waals surface area contributed by atoms with Crippen molar-refractivity contribution in [3.8, 4) is 11.3 Å². The van der Waals surface area contributed by atoms with Gasteiger partial charge < -0.3 is 4.42 Å². The van der Waals surface area contributed by atoms with E-state index in [1.54, 1.807) is 6.20 Å². The fourth-order valence-electron chi connectivity index (χ4n) is 4.31. The summed E-state index contributed by atoms with van der Waals surface area (Å²) in [7, 11) is 0. The molecule has 1 fully saturated rings. The molecule has 0 saturated heterocycles. The summed E-state index contributed by atoms with van der Waals surface area (Å²) in [5.74, 6) is 0.824. The van der Waals surface area contributed by atoms with Crippen LogP contribution in [0.3, 0.4) is 0 Å². The van der Waals surface area contributed by atoms with E-state index in [2.05, 4.69) is 46.4 Å². The molecule has 0 bridgehead atoms. The first kappa shape index (κ1) is 15.6. The first-order valence-electron chi connectivity index (χ1n) is 9.60. The Morgan fingerprint density at radius 1 is 0.885 bits per heavy atom. The predicted molar refractivity (Wildman–Crippen MR) is 105 cm³/mol. The zero-order valence-corrected chi connectivity index (χ0v) is 14.8. The maximum absolute atomic E-state index is 6.08. The SMILES string of the molecule is c1cnc2oc3c(-c4cc(CC5CCCCC5)ccn4)cccc3c2c1. The fourth-order valence-corrected chi connectivity index (χ4v) is 4.31. The molecule has 0 radical (unpaired) electrons. The predicted octanol–water partition coefficient (Wildman–Crippen LogP) is 6.17. The lowest BCUT2D eigenvalue weighted by Gasteiger charge is -2.21. The normalized spacial score (nSPS) is 15.7. The van der Waals surface area contributed by atoms with Crippen molar-refractivity contribution in [2.45, 2.75) is 38.5 Å². The van der Waals surface area contributed by atoms with Gasteiger partial charge in [-0.25, -0.2) is 4.98 Å². The van der Waals surface area contributed by atoms with Gasteiger partial charge in [-0.15, -0.1) is 0 Å². The summed E-state index contributed by atoms with van der Waals surface area (Å²) < 4.78 is 6.08. The molecule has 3 heterocycles. The molecule has 0 unspecified atom stereocenters. The van der Waals surface area contributed by atoms with Crippen LogP contribution in [0.15, 0.2) is 59.3 Å². The molecule has 26 heavy (non-hydrogen) atoms. The molecule has 3 aromatic heterocycles. The third-order valence-corrected chi connectivity index (χ3v) is 5.62. The van der Waals surface area contributed by atoms with Gasteiger partial charge in [-0.3, -0.25) is 4.98 Å². The van der Waals surface area contributed by atoms with E-state index < -0.39 is 0 Å². The largest absolute Gasteiger partial charge is 0.437 e. The first-order chi connectivity index (χ1) is 12.9. The van der Waals surface area contributed by atoms with Gasteiger partial charge in [-0.1, -0.05) is 44.2 Å². The second-order valence-corrected chi connectivity index (χ2v) is 7.40. The van der Waals surface area contributed by atoms with Crippen LogP contribution in [0.25, 0.3) is 33.3 Å². The Balaban J connectivity index is 1.56. The van der Waals surface area contributed by atoms with E-state index in [0.29, 0.717) is 5.71 Å². The molecule has 0 aliphatic heterocycles. The minimum atomic E-state index is 0.688.